The van der Waals surface area contributed by atoms with Gasteiger partial charge in [-0.15, -0.1) is 0 Å². The lowest BCUT2D eigenvalue weighted by atomic mass is 9.73. The number of rotatable bonds is 6. The fourth-order valence-electron chi connectivity index (χ4n) is 4.93. The number of hydrogen-bond donors (Lipinski definition) is 0. The van der Waals surface area contributed by atoms with Crippen LogP contribution >= 0.6 is 0 Å². The lowest BCUT2D eigenvalue weighted by Crippen LogP contribution is -2.36. The Labute approximate surface area is 212 Å². The quantitative estimate of drug-likeness (QED) is 0.361. The Morgan fingerprint density at radius 2 is 1.14 bits per heavy atom. The molecule has 184 valence electrons. The molecule has 3 aromatic rings. The molecule has 0 N–H and O–H groups in total. The lowest BCUT2D eigenvalue weighted by Gasteiger charge is -2.33. The van der Waals surface area contributed by atoms with Crippen molar-refractivity contribution >= 4 is 5.90 Å². The van der Waals surface area contributed by atoms with Gasteiger partial charge in [0.15, 0.2) is 0 Å². The monoisotopic (exact) mass is 467 g/mol. The van der Waals surface area contributed by atoms with Crippen LogP contribution in [0.3, 0.4) is 0 Å². The summed E-state index contributed by atoms with van der Waals surface area (Å²) in [7, 11) is 0. The third-order valence-corrected chi connectivity index (χ3v) is 7.27. The van der Waals surface area contributed by atoms with E-state index in [-0.39, 0.29) is 22.3 Å². The van der Waals surface area contributed by atoms with Crippen LogP contribution < -0.4 is 0 Å². The highest BCUT2D eigenvalue weighted by atomic mass is 16.5. The summed E-state index contributed by atoms with van der Waals surface area (Å²) in [6, 6.07) is 28.6. The van der Waals surface area contributed by atoms with Crippen molar-refractivity contribution < 1.29 is 4.74 Å². The van der Waals surface area contributed by atoms with E-state index in [1.807, 2.05) is 0 Å². The first kappa shape index (κ1) is 25.2. The van der Waals surface area contributed by atoms with Gasteiger partial charge in [0.1, 0.15) is 6.61 Å². The minimum atomic E-state index is -0.0566. The molecule has 2 heteroatoms. The maximum absolute atomic E-state index is 6.36. The number of ether oxygens (including phenoxy) is 1. The van der Waals surface area contributed by atoms with Gasteiger partial charge >= 0.3 is 0 Å². The molecule has 1 aliphatic heterocycles. The number of hydrogen-bond acceptors (Lipinski definition) is 2. The van der Waals surface area contributed by atoms with Crippen LogP contribution in [-0.2, 0) is 28.4 Å². The molecule has 1 atom stereocenters. The summed E-state index contributed by atoms with van der Waals surface area (Å²) < 4.78 is 6.36. The van der Waals surface area contributed by atoms with Gasteiger partial charge in [-0.3, -0.25) is 0 Å². The molecule has 0 saturated heterocycles. The van der Waals surface area contributed by atoms with Crippen molar-refractivity contribution in [2.75, 3.05) is 6.61 Å². The Kier molecular flexibility index (Phi) is 6.95. The second kappa shape index (κ2) is 9.64. The number of aliphatic imine (C=N–C) groups is 1. The van der Waals surface area contributed by atoms with Crippen LogP contribution in [0.4, 0.5) is 0 Å². The van der Waals surface area contributed by atoms with Crippen molar-refractivity contribution in [1.82, 2.24) is 0 Å². The fraction of sp³-hybridized carbons (Fsp3) is 0.424. The van der Waals surface area contributed by atoms with Crippen molar-refractivity contribution in [1.29, 1.82) is 0 Å². The standard InChI is InChI=1S/C33H41NO/c1-31(2,3)27-18-26(19-28(20-27)32(4,5)6)30-34-29(23-35-30)33(7,21-24-14-10-8-11-15-24)22-25-16-12-9-13-17-25/h8-20,29H,21-23H2,1-7H3/t29-/m1/s1. The van der Waals surface area contributed by atoms with Crippen LogP contribution in [0.25, 0.3) is 0 Å². The van der Waals surface area contributed by atoms with Gasteiger partial charge in [0.2, 0.25) is 5.90 Å². The molecule has 0 unspecified atom stereocenters. The highest BCUT2D eigenvalue weighted by molar-refractivity contribution is 5.95. The molecule has 4 rings (SSSR count). The van der Waals surface area contributed by atoms with Crippen LogP contribution in [0, 0.1) is 5.41 Å². The Bertz CT molecular complexity index is 1090. The zero-order valence-electron chi connectivity index (χ0n) is 22.6. The van der Waals surface area contributed by atoms with Gasteiger partial charge in [-0.2, -0.15) is 0 Å². The molecule has 0 bridgehead atoms. The first-order chi connectivity index (χ1) is 16.4. The first-order valence-electron chi connectivity index (χ1n) is 12.9. The zero-order valence-corrected chi connectivity index (χ0v) is 22.6. The summed E-state index contributed by atoms with van der Waals surface area (Å²) in [4.78, 5) is 5.26. The zero-order chi connectivity index (χ0) is 25.3. The Hall–Kier alpha value is -2.87. The van der Waals surface area contributed by atoms with Crippen LogP contribution in [0.15, 0.2) is 83.9 Å². The van der Waals surface area contributed by atoms with Gasteiger partial charge in [-0.1, -0.05) is 115 Å². The van der Waals surface area contributed by atoms with Crippen molar-refractivity contribution in [2.45, 2.75) is 78.2 Å². The minimum Gasteiger partial charge on any atom is -0.475 e. The van der Waals surface area contributed by atoms with Crippen LogP contribution in [-0.4, -0.2) is 18.5 Å². The highest BCUT2D eigenvalue weighted by Gasteiger charge is 2.39. The second-order valence-electron chi connectivity index (χ2n) is 12.5. The molecule has 0 fully saturated rings. The average molecular weight is 468 g/mol. The molecule has 35 heavy (non-hydrogen) atoms. The van der Waals surface area contributed by atoms with Crippen LogP contribution in [0.2, 0.25) is 0 Å². The van der Waals surface area contributed by atoms with E-state index in [0.29, 0.717) is 6.61 Å². The Morgan fingerprint density at radius 1 is 0.686 bits per heavy atom. The molecule has 0 aliphatic carbocycles. The molecule has 1 aliphatic rings. The molecule has 0 radical (unpaired) electrons. The fourth-order valence-corrected chi connectivity index (χ4v) is 4.93. The molecule has 0 spiro atoms. The second-order valence-corrected chi connectivity index (χ2v) is 12.5. The highest BCUT2D eigenvalue weighted by Crippen LogP contribution is 2.37. The normalized spacial score (nSPS) is 16.7. The van der Waals surface area contributed by atoms with E-state index in [0.717, 1.165) is 24.3 Å². The molecule has 0 saturated carbocycles. The van der Waals surface area contributed by atoms with Gasteiger partial charge in [-0.05, 0) is 58.1 Å². The summed E-state index contributed by atoms with van der Waals surface area (Å²) in [5.41, 5.74) is 6.51. The largest absolute Gasteiger partial charge is 0.475 e. The van der Waals surface area contributed by atoms with Crippen molar-refractivity contribution in [3.8, 4) is 0 Å². The summed E-state index contributed by atoms with van der Waals surface area (Å²) in [6.07, 6.45) is 1.92. The number of benzene rings is 3. The maximum atomic E-state index is 6.36. The summed E-state index contributed by atoms with van der Waals surface area (Å²) >= 11 is 0. The minimum absolute atomic E-state index is 0.0566. The average Bonchev–Trinajstić information content (AvgIpc) is 3.30. The predicted octanol–water partition coefficient (Wildman–Crippen LogP) is 7.92. The molecule has 0 aromatic heterocycles. The van der Waals surface area contributed by atoms with Gasteiger partial charge in [0.05, 0.1) is 6.04 Å². The van der Waals surface area contributed by atoms with Crippen molar-refractivity contribution in [3.63, 3.8) is 0 Å². The summed E-state index contributed by atoms with van der Waals surface area (Å²) in [5, 5.41) is 0. The van der Waals surface area contributed by atoms with Gasteiger partial charge < -0.3 is 4.74 Å². The third kappa shape index (κ3) is 6.04. The van der Waals surface area contributed by atoms with Gasteiger partial charge in [0.25, 0.3) is 0 Å². The maximum Gasteiger partial charge on any atom is 0.216 e. The van der Waals surface area contributed by atoms with Crippen LogP contribution in [0.1, 0.15) is 76.3 Å². The topological polar surface area (TPSA) is 21.6 Å². The van der Waals surface area contributed by atoms with Gasteiger partial charge in [0, 0.05) is 11.0 Å². The van der Waals surface area contributed by atoms with E-state index in [1.165, 1.54) is 22.3 Å². The lowest BCUT2D eigenvalue weighted by molar-refractivity contribution is 0.197. The SMILES string of the molecule is CC(C)(C)c1cc(C2=N[C@@H](C(C)(Cc3ccccc3)Cc3ccccc3)CO2)cc(C(C)(C)C)c1. The Balaban J connectivity index is 1.72. The molecule has 3 aromatic carbocycles. The van der Waals surface area contributed by atoms with Gasteiger partial charge in [-0.25, -0.2) is 4.99 Å². The molecular weight excluding hydrogens is 426 g/mol. The van der Waals surface area contributed by atoms with E-state index in [9.17, 15) is 0 Å². The number of nitrogens with zero attached hydrogens (tertiary/aromatic N) is 1. The molecule has 1 heterocycles. The smallest absolute Gasteiger partial charge is 0.216 e. The van der Waals surface area contributed by atoms with E-state index in [2.05, 4.69) is 127 Å². The van der Waals surface area contributed by atoms with Crippen LogP contribution in [0.5, 0.6) is 0 Å². The van der Waals surface area contributed by atoms with Crippen molar-refractivity contribution in [2.24, 2.45) is 10.4 Å². The van der Waals surface area contributed by atoms with E-state index in [1.54, 1.807) is 0 Å². The molecule has 0 amide bonds. The Morgan fingerprint density at radius 3 is 1.57 bits per heavy atom. The molecular formula is C33H41NO. The molecule has 2 nitrogen and oxygen atoms in total. The third-order valence-electron chi connectivity index (χ3n) is 7.27. The van der Waals surface area contributed by atoms with Crippen molar-refractivity contribution in [3.05, 3.63) is 107 Å². The van der Waals surface area contributed by atoms with E-state index in [4.69, 9.17) is 9.73 Å². The predicted molar refractivity (Wildman–Crippen MR) is 149 cm³/mol. The van der Waals surface area contributed by atoms with E-state index < -0.39 is 0 Å². The summed E-state index contributed by atoms with van der Waals surface area (Å²) in [5.74, 6) is 0.791. The first-order valence-corrected chi connectivity index (χ1v) is 12.9. The van der Waals surface area contributed by atoms with E-state index >= 15 is 0 Å². The summed E-state index contributed by atoms with van der Waals surface area (Å²) in [6.45, 7) is 16.6.